The SMILES string of the molecule is CCCCSc1nnc(CNC(=O)c2ccc(Cl)cc2Cl)n1-c1ccc(Br)cc1. The Morgan fingerprint density at radius 2 is 1.93 bits per heavy atom. The molecule has 1 heterocycles. The number of thioether (sulfide) groups is 1. The molecule has 2 aromatic carbocycles. The van der Waals surface area contributed by atoms with Gasteiger partial charge in [0.1, 0.15) is 0 Å². The van der Waals surface area contributed by atoms with E-state index in [0.29, 0.717) is 21.4 Å². The van der Waals surface area contributed by atoms with Crippen LogP contribution in [0.1, 0.15) is 35.9 Å². The number of hydrogen-bond donors (Lipinski definition) is 1. The number of unbranched alkanes of at least 4 members (excludes halogenated alkanes) is 1. The molecule has 0 atom stereocenters. The Hall–Kier alpha value is -1.54. The number of benzene rings is 2. The average Bonchev–Trinajstić information content (AvgIpc) is 3.10. The minimum absolute atomic E-state index is 0.217. The van der Waals surface area contributed by atoms with Gasteiger partial charge in [0.2, 0.25) is 0 Å². The first kappa shape index (κ1) is 22.2. The molecule has 9 heteroatoms. The van der Waals surface area contributed by atoms with Gasteiger partial charge in [0.05, 0.1) is 17.1 Å². The minimum atomic E-state index is -0.294. The second kappa shape index (κ2) is 10.5. The van der Waals surface area contributed by atoms with Crippen molar-refractivity contribution in [2.24, 2.45) is 0 Å². The molecule has 0 radical (unpaired) electrons. The summed E-state index contributed by atoms with van der Waals surface area (Å²) < 4.78 is 2.96. The predicted octanol–water partition coefficient (Wildman–Crippen LogP) is 6.16. The van der Waals surface area contributed by atoms with Gasteiger partial charge < -0.3 is 5.32 Å². The van der Waals surface area contributed by atoms with Crippen LogP contribution < -0.4 is 5.32 Å². The Balaban J connectivity index is 1.82. The molecular formula is C20H19BrCl2N4OS. The maximum Gasteiger partial charge on any atom is 0.253 e. The molecule has 0 spiro atoms. The molecule has 3 aromatic rings. The zero-order valence-corrected chi connectivity index (χ0v) is 19.6. The number of halogens is 3. The Labute approximate surface area is 192 Å². The van der Waals surface area contributed by atoms with Crippen molar-refractivity contribution >= 4 is 56.8 Å². The number of aromatic nitrogens is 3. The second-order valence-corrected chi connectivity index (χ2v) is 9.04. The summed E-state index contributed by atoms with van der Waals surface area (Å²) in [5.41, 5.74) is 1.30. The molecule has 1 amide bonds. The molecule has 3 rings (SSSR count). The number of hydrogen-bond acceptors (Lipinski definition) is 4. The van der Waals surface area contributed by atoms with Gasteiger partial charge in [0.25, 0.3) is 5.91 Å². The van der Waals surface area contributed by atoms with E-state index in [-0.39, 0.29) is 12.5 Å². The standard InChI is InChI=1S/C20H19BrCl2N4OS/c1-2-3-10-29-20-26-25-18(27(20)15-7-4-13(21)5-8-15)12-24-19(28)16-9-6-14(22)11-17(16)23/h4-9,11H,2-3,10,12H2,1H3,(H,24,28). The molecule has 0 fully saturated rings. The van der Waals surface area contributed by atoms with Gasteiger partial charge in [-0.3, -0.25) is 9.36 Å². The fourth-order valence-corrected chi connectivity index (χ4v) is 4.41. The average molecular weight is 514 g/mol. The van der Waals surface area contributed by atoms with Crippen LogP contribution in [0, 0.1) is 0 Å². The van der Waals surface area contributed by atoms with Gasteiger partial charge in [-0.2, -0.15) is 0 Å². The zero-order valence-electron chi connectivity index (χ0n) is 15.7. The van der Waals surface area contributed by atoms with E-state index in [4.69, 9.17) is 23.2 Å². The first-order valence-corrected chi connectivity index (χ1v) is 11.6. The minimum Gasteiger partial charge on any atom is -0.345 e. The van der Waals surface area contributed by atoms with Gasteiger partial charge in [-0.15, -0.1) is 10.2 Å². The largest absolute Gasteiger partial charge is 0.345 e. The lowest BCUT2D eigenvalue weighted by Gasteiger charge is -2.11. The zero-order chi connectivity index (χ0) is 20.8. The van der Waals surface area contributed by atoms with E-state index in [1.165, 1.54) is 0 Å². The Morgan fingerprint density at radius 1 is 1.17 bits per heavy atom. The van der Waals surface area contributed by atoms with Crippen LogP contribution in [-0.4, -0.2) is 26.4 Å². The summed E-state index contributed by atoms with van der Waals surface area (Å²) in [6.45, 7) is 2.37. The molecular weight excluding hydrogens is 495 g/mol. The van der Waals surface area contributed by atoms with Crippen LogP contribution in [0.2, 0.25) is 10.0 Å². The van der Waals surface area contributed by atoms with Crippen LogP contribution in [-0.2, 0) is 6.54 Å². The normalized spacial score (nSPS) is 10.9. The lowest BCUT2D eigenvalue weighted by molar-refractivity contribution is 0.0950. The predicted molar refractivity (Wildman–Crippen MR) is 122 cm³/mol. The van der Waals surface area contributed by atoms with E-state index in [1.807, 2.05) is 28.8 Å². The molecule has 0 saturated carbocycles. The van der Waals surface area contributed by atoms with Crippen molar-refractivity contribution in [3.63, 3.8) is 0 Å². The summed E-state index contributed by atoms with van der Waals surface area (Å²) >= 11 is 17.2. The van der Waals surface area contributed by atoms with Crippen molar-refractivity contribution in [2.75, 3.05) is 5.75 Å². The monoisotopic (exact) mass is 512 g/mol. The molecule has 0 bridgehead atoms. The van der Waals surface area contributed by atoms with Crippen molar-refractivity contribution in [3.8, 4) is 5.69 Å². The third-order valence-electron chi connectivity index (χ3n) is 4.10. The summed E-state index contributed by atoms with van der Waals surface area (Å²) in [4.78, 5) is 12.6. The van der Waals surface area contributed by atoms with E-state index in [1.54, 1.807) is 30.0 Å². The molecule has 0 aliphatic heterocycles. The molecule has 1 aromatic heterocycles. The highest BCUT2D eigenvalue weighted by molar-refractivity contribution is 9.10. The van der Waals surface area contributed by atoms with Gasteiger partial charge in [-0.25, -0.2) is 0 Å². The molecule has 0 aliphatic rings. The summed E-state index contributed by atoms with van der Waals surface area (Å²) in [5, 5.41) is 13.1. The van der Waals surface area contributed by atoms with Crippen molar-refractivity contribution < 1.29 is 4.79 Å². The number of carbonyl (C=O) groups excluding carboxylic acids is 1. The summed E-state index contributed by atoms with van der Waals surface area (Å²) in [6.07, 6.45) is 2.21. The number of nitrogens with one attached hydrogen (secondary N) is 1. The summed E-state index contributed by atoms with van der Waals surface area (Å²) in [5.74, 6) is 1.31. The third kappa shape index (κ3) is 5.75. The van der Waals surface area contributed by atoms with Crippen LogP contribution in [0.5, 0.6) is 0 Å². The molecule has 0 aliphatic carbocycles. The fraction of sp³-hybridized carbons (Fsp3) is 0.250. The van der Waals surface area contributed by atoms with Crippen LogP contribution in [0.15, 0.2) is 52.1 Å². The van der Waals surface area contributed by atoms with Crippen molar-refractivity contribution in [1.82, 2.24) is 20.1 Å². The maximum atomic E-state index is 12.6. The fourth-order valence-electron chi connectivity index (χ4n) is 2.59. The van der Waals surface area contributed by atoms with E-state index in [0.717, 1.165) is 33.9 Å². The van der Waals surface area contributed by atoms with E-state index < -0.39 is 0 Å². The lowest BCUT2D eigenvalue weighted by atomic mass is 10.2. The molecule has 1 N–H and O–H groups in total. The van der Waals surface area contributed by atoms with Crippen molar-refractivity contribution in [2.45, 2.75) is 31.5 Å². The van der Waals surface area contributed by atoms with Gasteiger partial charge in [-0.1, -0.05) is 64.2 Å². The highest BCUT2D eigenvalue weighted by Crippen LogP contribution is 2.25. The maximum absolute atomic E-state index is 12.6. The number of amides is 1. The van der Waals surface area contributed by atoms with Gasteiger partial charge in [0.15, 0.2) is 11.0 Å². The van der Waals surface area contributed by atoms with Crippen LogP contribution >= 0.6 is 50.9 Å². The summed E-state index contributed by atoms with van der Waals surface area (Å²) in [7, 11) is 0. The smallest absolute Gasteiger partial charge is 0.253 e. The molecule has 29 heavy (non-hydrogen) atoms. The van der Waals surface area contributed by atoms with E-state index in [2.05, 4.69) is 38.4 Å². The number of carbonyl (C=O) groups is 1. The van der Waals surface area contributed by atoms with Crippen molar-refractivity contribution in [3.05, 3.63) is 68.4 Å². The van der Waals surface area contributed by atoms with Crippen LogP contribution in [0.4, 0.5) is 0 Å². The lowest BCUT2D eigenvalue weighted by Crippen LogP contribution is -2.25. The molecule has 5 nitrogen and oxygen atoms in total. The van der Waals surface area contributed by atoms with Gasteiger partial charge >= 0.3 is 0 Å². The molecule has 152 valence electrons. The topological polar surface area (TPSA) is 59.8 Å². The van der Waals surface area contributed by atoms with Crippen molar-refractivity contribution in [1.29, 1.82) is 0 Å². The highest BCUT2D eigenvalue weighted by atomic mass is 79.9. The van der Waals surface area contributed by atoms with Gasteiger partial charge in [0, 0.05) is 20.9 Å². The number of rotatable bonds is 8. The third-order valence-corrected chi connectivity index (χ3v) is 6.19. The highest BCUT2D eigenvalue weighted by Gasteiger charge is 2.17. The number of nitrogens with zero attached hydrogens (tertiary/aromatic N) is 3. The van der Waals surface area contributed by atoms with E-state index in [9.17, 15) is 4.79 Å². The summed E-state index contributed by atoms with van der Waals surface area (Å²) in [6, 6.07) is 12.7. The van der Waals surface area contributed by atoms with Crippen LogP contribution in [0.25, 0.3) is 5.69 Å². The van der Waals surface area contributed by atoms with Gasteiger partial charge in [-0.05, 0) is 48.9 Å². The Kier molecular flexibility index (Phi) is 8.00. The van der Waals surface area contributed by atoms with E-state index >= 15 is 0 Å². The Bertz CT molecular complexity index is 995. The Morgan fingerprint density at radius 3 is 2.62 bits per heavy atom. The molecule has 0 saturated heterocycles. The molecule has 0 unspecified atom stereocenters. The quantitative estimate of drug-likeness (QED) is 0.289. The van der Waals surface area contributed by atoms with Crippen LogP contribution in [0.3, 0.4) is 0 Å². The first-order valence-electron chi connectivity index (χ1n) is 9.06. The first-order chi connectivity index (χ1) is 14.0. The second-order valence-electron chi connectivity index (χ2n) is 6.22.